The molecule has 0 aromatic carbocycles. The molecule has 0 rings (SSSR count). The lowest BCUT2D eigenvalue weighted by Crippen LogP contribution is -2.46. The van der Waals surface area contributed by atoms with Crippen LogP contribution in [-0.2, 0) is 14.3 Å². The molecule has 0 saturated heterocycles. The van der Waals surface area contributed by atoms with Crippen molar-refractivity contribution in [1.29, 1.82) is 0 Å². The summed E-state index contributed by atoms with van der Waals surface area (Å²) in [6.07, 6.45) is 51.7. The molecule has 0 radical (unpaired) electrons. The molecule has 0 aliphatic heterocycles. The van der Waals surface area contributed by atoms with Gasteiger partial charge in [-0.25, -0.2) is 0 Å². The normalized spacial score (nSPS) is 13.7. The minimum atomic E-state index is -0.790. The lowest BCUT2D eigenvalue weighted by atomic mass is 10.0. The molecule has 56 heavy (non-hydrogen) atoms. The van der Waals surface area contributed by atoms with E-state index in [0.29, 0.717) is 19.3 Å². The van der Waals surface area contributed by atoms with Crippen LogP contribution in [0.25, 0.3) is 0 Å². The van der Waals surface area contributed by atoms with Gasteiger partial charge in [-0.2, -0.15) is 0 Å². The number of esters is 1. The first kappa shape index (κ1) is 53.8. The Morgan fingerprint density at radius 3 is 1.45 bits per heavy atom. The van der Waals surface area contributed by atoms with Gasteiger partial charge >= 0.3 is 5.97 Å². The SMILES string of the molecule is CC/C=C/C/C=C/C/C=C/C/C=C/CCCCCC(=O)OC(CCCCCCCCCC)CC(=O)NC(CO)C(O)CCCCCCCCCCCCCCC. The summed E-state index contributed by atoms with van der Waals surface area (Å²) >= 11 is 0. The largest absolute Gasteiger partial charge is 0.462 e. The highest BCUT2D eigenvalue weighted by molar-refractivity contribution is 5.77. The number of hydrogen-bond acceptors (Lipinski definition) is 5. The monoisotopic (exact) mass is 786 g/mol. The zero-order valence-electron chi connectivity index (χ0n) is 37.0. The van der Waals surface area contributed by atoms with E-state index in [2.05, 4.69) is 74.7 Å². The third kappa shape index (κ3) is 38.7. The number of aliphatic hydroxyl groups excluding tert-OH is 2. The minimum Gasteiger partial charge on any atom is -0.462 e. The van der Waals surface area contributed by atoms with Gasteiger partial charge in [-0.05, 0) is 64.2 Å². The van der Waals surface area contributed by atoms with Gasteiger partial charge in [-0.15, -0.1) is 0 Å². The molecular formula is C50H91NO5. The van der Waals surface area contributed by atoms with Gasteiger partial charge in [0.1, 0.15) is 6.10 Å². The number of aliphatic hydroxyl groups is 2. The molecule has 0 saturated carbocycles. The maximum atomic E-state index is 13.1. The second-order valence-corrected chi connectivity index (χ2v) is 16.1. The smallest absolute Gasteiger partial charge is 0.306 e. The molecule has 0 heterocycles. The summed E-state index contributed by atoms with van der Waals surface area (Å²) in [5.74, 6) is -0.511. The molecule has 3 N–H and O–H groups in total. The predicted molar refractivity (Wildman–Crippen MR) is 241 cm³/mol. The van der Waals surface area contributed by atoms with Crippen molar-refractivity contribution < 1.29 is 24.5 Å². The molecule has 0 aromatic heterocycles. The number of nitrogens with one attached hydrogen (secondary N) is 1. The molecule has 0 aliphatic carbocycles. The second-order valence-electron chi connectivity index (χ2n) is 16.1. The van der Waals surface area contributed by atoms with E-state index in [-0.39, 0.29) is 24.9 Å². The number of allylic oxidation sites excluding steroid dienone is 8. The molecule has 1 amide bonds. The molecule has 3 unspecified atom stereocenters. The van der Waals surface area contributed by atoms with Gasteiger partial charge in [-0.1, -0.05) is 204 Å². The first-order valence-electron chi connectivity index (χ1n) is 23.9. The molecular weight excluding hydrogens is 695 g/mol. The Morgan fingerprint density at radius 1 is 0.536 bits per heavy atom. The fourth-order valence-corrected chi connectivity index (χ4v) is 7.07. The second kappa shape index (κ2) is 43.9. The van der Waals surface area contributed by atoms with Gasteiger partial charge in [0, 0.05) is 6.42 Å². The van der Waals surface area contributed by atoms with Crippen molar-refractivity contribution in [3.05, 3.63) is 48.6 Å². The first-order chi connectivity index (χ1) is 27.5. The summed E-state index contributed by atoms with van der Waals surface area (Å²) in [6, 6.07) is -0.704. The van der Waals surface area contributed by atoms with Crippen LogP contribution in [-0.4, -0.2) is 46.9 Å². The molecule has 0 bridgehead atoms. The van der Waals surface area contributed by atoms with Crippen LogP contribution in [0.1, 0.15) is 233 Å². The van der Waals surface area contributed by atoms with Crippen LogP contribution in [0.15, 0.2) is 48.6 Å². The Morgan fingerprint density at radius 2 is 0.964 bits per heavy atom. The Hall–Kier alpha value is -2.18. The van der Waals surface area contributed by atoms with Gasteiger partial charge in [0.25, 0.3) is 0 Å². The summed E-state index contributed by atoms with van der Waals surface area (Å²) in [6.45, 7) is 6.33. The maximum absolute atomic E-state index is 13.1. The fraction of sp³-hybridized carbons (Fsp3) is 0.800. The van der Waals surface area contributed by atoms with Gasteiger partial charge in [0.15, 0.2) is 0 Å². The maximum Gasteiger partial charge on any atom is 0.306 e. The average molecular weight is 786 g/mol. The molecule has 0 aliphatic rings. The summed E-state index contributed by atoms with van der Waals surface area (Å²) in [7, 11) is 0. The van der Waals surface area contributed by atoms with Crippen LogP contribution in [0.2, 0.25) is 0 Å². The number of amides is 1. The lowest BCUT2D eigenvalue weighted by Gasteiger charge is -2.24. The number of ether oxygens (including phenoxy) is 1. The quantitative estimate of drug-likeness (QED) is 0.0325. The van der Waals surface area contributed by atoms with Crippen LogP contribution < -0.4 is 5.32 Å². The highest BCUT2D eigenvalue weighted by atomic mass is 16.5. The minimum absolute atomic E-state index is 0.0655. The highest BCUT2D eigenvalue weighted by Gasteiger charge is 2.24. The molecule has 0 spiro atoms. The van der Waals surface area contributed by atoms with Crippen molar-refractivity contribution in [2.75, 3.05) is 6.61 Å². The van der Waals surface area contributed by atoms with E-state index in [1.807, 2.05) is 0 Å². The van der Waals surface area contributed by atoms with Crippen LogP contribution >= 0.6 is 0 Å². The Labute approximate surface area is 346 Å². The zero-order chi connectivity index (χ0) is 41.0. The first-order valence-corrected chi connectivity index (χ1v) is 23.9. The third-order valence-corrected chi connectivity index (χ3v) is 10.7. The summed E-state index contributed by atoms with van der Waals surface area (Å²) in [5.41, 5.74) is 0. The lowest BCUT2D eigenvalue weighted by molar-refractivity contribution is -0.151. The van der Waals surface area contributed by atoms with Gasteiger partial charge < -0.3 is 20.3 Å². The van der Waals surface area contributed by atoms with Gasteiger partial charge in [0.2, 0.25) is 5.91 Å². The van der Waals surface area contributed by atoms with E-state index in [9.17, 15) is 19.8 Å². The van der Waals surface area contributed by atoms with E-state index >= 15 is 0 Å². The van der Waals surface area contributed by atoms with Crippen LogP contribution in [0.3, 0.4) is 0 Å². The molecule has 3 atom stereocenters. The van der Waals surface area contributed by atoms with Crippen molar-refractivity contribution in [3.8, 4) is 0 Å². The third-order valence-electron chi connectivity index (χ3n) is 10.7. The van der Waals surface area contributed by atoms with Crippen molar-refractivity contribution in [3.63, 3.8) is 0 Å². The van der Waals surface area contributed by atoms with E-state index in [0.717, 1.165) is 89.9 Å². The van der Waals surface area contributed by atoms with Crippen LogP contribution in [0, 0.1) is 0 Å². The van der Waals surface area contributed by atoms with E-state index in [4.69, 9.17) is 4.74 Å². The van der Waals surface area contributed by atoms with E-state index < -0.39 is 18.2 Å². The van der Waals surface area contributed by atoms with E-state index in [1.54, 1.807) is 0 Å². The van der Waals surface area contributed by atoms with Crippen LogP contribution in [0.4, 0.5) is 0 Å². The predicted octanol–water partition coefficient (Wildman–Crippen LogP) is 13.9. The molecule has 326 valence electrons. The molecule has 0 fully saturated rings. The number of carbonyl (C=O) groups excluding carboxylic acids is 2. The number of carbonyl (C=O) groups is 2. The Kier molecular flexibility index (Phi) is 42.2. The van der Waals surface area contributed by atoms with Crippen molar-refractivity contribution in [1.82, 2.24) is 5.32 Å². The summed E-state index contributed by atoms with van der Waals surface area (Å²) < 4.78 is 5.88. The summed E-state index contributed by atoms with van der Waals surface area (Å²) in [5, 5.41) is 23.6. The number of rotatable bonds is 42. The van der Waals surface area contributed by atoms with Crippen molar-refractivity contribution in [2.24, 2.45) is 0 Å². The Balaban J connectivity index is 4.51. The molecule has 0 aromatic rings. The van der Waals surface area contributed by atoms with Crippen molar-refractivity contribution >= 4 is 11.9 Å². The van der Waals surface area contributed by atoms with Crippen LogP contribution in [0.5, 0.6) is 0 Å². The fourth-order valence-electron chi connectivity index (χ4n) is 7.07. The number of hydrogen-bond donors (Lipinski definition) is 3. The van der Waals surface area contributed by atoms with Gasteiger partial charge in [-0.3, -0.25) is 9.59 Å². The topological polar surface area (TPSA) is 95.9 Å². The van der Waals surface area contributed by atoms with Gasteiger partial charge in [0.05, 0.1) is 25.2 Å². The van der Waals surface area contributed by atoms with E-state index in [1.165, 1.54) is 96.3 Å². The highest BCUT2D eigenvalue weighted by Crippen LogP contribution is 2.17. The average Bonchev–Trinajstić information content (AvgIpc) is 3.19. The summed E-state index contributed by atoms with van der Waals surface area (Å²) in [4.78, 5) is 26.0. The zero-order valence-corrected chi connectivity index (χ0v) is 37.0. The molecule has 6 heteroatoms. The van der Waals surface area contributed by atoms with Crippen molar-refractivity contribution in [2.45, 2.75) is 251 Å². The molecule has 6 nitrogen and oxygen atoms in total. The standard InChI is InChI=1S/C50H91NO5/c1-4-7-10-13-16-19-21-23-24-25-27-29-31-34-37-40-43-50(55)56-46(41-38-35-32-18-15-12-9-6-3)44-49(54)51-47(45-52)48(53)42-39-36-33-30-28-26-22-20-17-14-11-8-5-2/h7,10,16,19,23-24,27,29,46-48,52-53H,4-6,8-9,11-15,17-18,20-22,25-26,28,30-45H2,1-3H3,(H,51,54)/b10-7+,19-16+,24-23+,29-27+. The Bertz CT molecular complexity index is 972. The number of unbranched alkanes of at least 4 members (excludes halogenated alkanes) is 22.